The molecule has 1 N–H and O–H groups in total. The SMILES string of the molecule is COc1cc(CN(C)C2CCNC2)ccc1OC(F)F. The van der Waals surface area contributed by atoms with Gasteiger partial charge < -0.3 is 14.8 Å². The van der Waals surface area contributed by atoms with Crippen LogP contribution in [-0.2, 0) is 6.54 Å². The average Bonchev–Trinajstić information content (AvgIpc) is 2.94. The summed E-state index contributed by atoms with van der Waals surface area (Å²) < 4.78 is 34.0. The third-order valence-electron chi connectivity index (χ3n) is 3.53. The second-order valence-electron chi connectivity index (χ2n) is 4.93. The fourth-order valence-electron chi connectivity index (χ4n) is 2.44. The van der Waals surface area contributed by atoms with Gasteiger partial charge >= 0.3 is 6.61 Å². The second-order valence-corrected chi connectivity index (χ2v) is 4.93. The summed E-state index contributed by atoms with van der Waals surface area (Å²) >= 11 is 0. The van der Waals surface area contributed by atoms with E-state index < -0.39 is 6.61 Å². The van der Waals surface area contributed by atoms with E-state index in [9.17, 15) is 8.78 Å². The van der Waals surface area contributed by atoms with Crippen molar-refractivity contribution in [2.75, 3.05) is 27.2 Å². The predicted octanol–water partition coefficient (Wildman–Crippen LogP) is 2.09. The second kappa shape index (κ2) is 6.85. The molecule has 0 bridgehead atoms. The summed E-state index contributed by atoms with van der Waals surface area (Å²) in [4.78, 5) is 2.25. The van der Waals surface area contributed by atoms with Crippen molar-refractivity contribution in [3.05, 3.63) is 23.8 Å². The molecule has 1 unspecified atom stereocenters. The van der Waals surface area contributed by atoms with E-state index in [1.165, 1.54) is 13.2 Å². The van der Waals surface area contributed by atoms with Gasteiger partial charge in [-0.25, -0.2) is 0 Å². The van der Waals surface area contributed by atoms with Crippen LogP contribution in [0.15, 0.2) is 18.2 Å². The molecular formula is C14H20F2N2O2. The zero-order valence-corrected chi connectivity index (χ0v) is 11.7. The van der Waals surface area contributed by atoms with Crippen molar-refractivity contribution in [1.29, 1.82) is 0 Å². The molecule has 0 saturated carbocycles. The molecule has 0 spiro atoms. The average molecular weight is 286 g/mol. The summed E-state index contributed by atoms with van der Waals surface area (Å²) in [5.41, 5.74) is 1.01. The lowest BCUT2D eigenvalue weighted by molar-refractivity contribution is -0.0512. The number of hydrogen-bond acceptors (Lipinski definition) is 4. The molecule has 6 heteroatoms. The van der Waals surface area contributed by atoms with E-state index >= 15 is 0 Å². The van der Waals surface area contributed by atoms with Crippen molar-refractivity contribution < 1.29 is 18.3 Å². The standard InChI is InChI=1S/C14H20F2N2O2/c1-18(11-5-6-17-8-11)9-10-3-4-12(20-14(15)16)13(7-10)19-2/h3-4,7,11,14,17H,5-6,8-9H2,1-2H3. The molecule has 1 aliphatic rings. The Hall–Kier alpha value is -1.40. The fraction of sp³-hybridized carbons (Fsp3) is 0.571. The topological polar surface area (TPSA) is 33.7 Å². The molecule has 112 valence electrons. The zero-order valence-electron chi connectivity index (χ0n) is 11.7. The molecule has 4 nitrogen and oxygen atoms in total. The Bertz CT molecular complexity index is 437. The number of alkyl halides is 2. The zero-order chi connectivity index (χ0) is 14.5. The smallest absolute Gasteiger partial charge is 0.387 e. The van der Waals surface area contributed by atoms with Crippen LogP contribution in [0.4, 0.5) is 8.78 Å². The molecule has 1 atom stereocenters. The van der Waals surface area contributed by atoms with Gasteiger partial charge in [0.1, 0.15) is 0 Å². The minimum atomic E-state index is -2.85. The Morgan fingerprint density at radius 3 is 2.80 bits per heavy atom. The van der Waals surface area contributed by atoms with Gasteiger partial charge in [-0.1, -0.05) is 6.07 Å². The first-order chi connectivity index (χ1) is 9.60. The number of likely N-dealkylation sites (N-methyl/N-ethyl adjacent to an activating group) is 1. The number of ether oxygens (including phenoxy) is 2. The quantitative estimate of drug-likeness (QED) is 0.868. The summed E-state index contributed by atoms with van der Waals surface area (Å²) in [7, 11) is 3.51. The number of benzene rings is 1. The Morgan fingerprint density at radius 1 is 1.40 bits per heavy atom. The van der Waals surface area contributed by atoms with Crippen LogP contribution in [0.3, 0.4) is 0 Å². The van der Waals surface area contributed by atoms with Gasteiger partial charge in [0.15, 0.2) is 11.5 Å². The highest BCUT2D eigenvalue weighted by atomic mass is 19.3. The number of hydrogen-bond donors (Lipinski definition) is 1. The minimum absolute atomic E-state index is 0.0661. The van der Waals surface area contributed by atoms with Crippen LogP contribution in [0.2, 0.25) is 0 Å². The lowest BCUT2D eigenvalue weighted by atomic mass is 10.1. The molecule has 20 heavy (non-hydrogen) atoms. The maximum absolute atomic E-state index is 12.3. The molecule has 1 heterocycles. The van der Waals surface area contributed by atoms with E-state index in [-0.39, 0.29) is 5.75 Å². The summed E-state index contributed by atoms with van der Waals surface area (Å²) in [6.45, 7) is -0.0702. The summed E-state index contributed by atoms with van der Waals surface area (Å²) in [5, 5.41) is 3.32. The van der Waals surface area contributed by atoms with Crippen molar-refractivity contribution in [2.45, 2.75) is 25.6 Å². The van der Waals surface area contributed by atoms with Crippen molar-refractivity contribution in [2.24, 2.45) is 0 Å². The normalized spacial score (nSPS) is 18.8. The largest absolute Gasteiger partial charge is 0.493 e. The van der Waals surface area contributed by atoms with Crippen LogP contribution in [0.25, 0.3) is 0 Å². The Balaban J connectivity index is 2.04. The molecule has 1 aromatic rings. The molecule has 1 saturated heterocycles. The van der Waals surface area contributed by atoms with Crippen LogP contribution in [0.1, 0.15) is 12.0 Å². The number of rotatable bonds is 6. The minimum Gasteiger partial charge on any atom is -0.493 e. The van der Waals surface area contributed by atoms with Gasteiger partial charge in [-0.3, -0.25) is 4.90 Å². The van der Waals surface area contributed by atoms with Crippen LogP contribution >= 0.6 is 0 Å². The Labute approximate surface area is 117 Å². The Kier molecular flexibility index (Phi) is 5.14. The van der Waals surface area contributed by atoms with Gasteiger partial charge in [0.2, 0.25) is 0 Å². The van der Waals surface area contributed by atoms with Crippen LogP contribution in [-0.4, -0.2) is 44.8 Å². The maximum atomic E-state index is 12.3. The summed E-state index contributed by atoms with van der Waals surface area (Å²) in [6.07, 6.45) is 1.13. The molecule has 0 amide bonds. The molecule has 0 radical (unpaired) electrons. The number of methoxy groups -OCH3 is 1. The van der Waals surface area contributed by atoms with Gasteiger partial charge in [-0.05, 0) is 37.7 Å². The number of nitrogens with zero attached hydrogens (tertiary/aromatic N) is 1. The molecule has 1 fully saturated rings. The highest BCUT2D eigenvalue weighted by molar-refractivity contribution is 5.43. The van der Waals surface area contributed by atoms with Gasteiger partial charge in [-0.2, -0.15) is 8.78 Å². The first kappa shape index (κ1) is 15.0. The molecule has 2 rings (SSSR count). The van der Waals surface area contributed by atoms with Gasteiger partial charge in [0, 0.05) is 19.1 Å². The number of nitrogens with one attached hydrogen (secondary N) is 1. The summed E-state index contributed by atoms with van der Waals surface area (Å²) in [5.74, 6) is 0.400. The first-order valence-corrected chi connectivity index (χ1v) is 6.63. The predicted molar refractivity (Wildman–Crippen MR) is 72.4 cm³/mol. The van der Waals surface area contributed by atoms with E-state index in [0.29, 0.717) is 11.8 Å². The molecule has 1 aliphatic heterocycles. The summed E-state index contributed by atoms with van der Waals surface area (Å²) in [6, 6.07) is 5.58. The van der Waals surface area contributed by atoms with Crippen LogP contribution in [0.5, 0.6) is 11.5 Å². The number of halogens is 2. The fourth-order valence-corrected chi connectivity index (χ4v) is 2.44. The van der Waals surface area contributed by atoms with Crippen LogP contribution < -0.4 is 14.8 Å². The third kappa shape index (κ3) is 3.80. The van der Waals surface area contributed by atoms with Crippen molar-refractivity contribution in [3.8, 4) is 11.5 Å². The van der Waals surface area contributed by atoms with E-state index in [1.807, 2.05) is 0 Å². The molecule has 0 aromatic heterocycles. The van der Waals surface area contributed by atoms with Crippen molar-refractivity contribution in [3.63, 3.8) is 0 Å². The lowest BCUT2D eigenvalue weighted by Crippen LogP contribution is -2.32. The monoisotopic (exact) mass is 286 g/mol. The van der Waals surface area contributed by atoms with Gasteiger partial charge in [-0.15, -0.1) is 0 Å². The van der Waals surface area contributed by atoms with Gasteiger partial charge in [0.25, 0.3) is 0 Å². The lowest BCUT2D eigenvalue weighted by Gasteiger charge is -2.23. The highest BCUT2D eigenvalue weighted by Gasteiger charge is 2.19. The maximum Gasteiger partial charge on any atom is 0.387 e. The highest BCUT2D eigenvalue weighted by Crippen LogP contribution is 2.30. The van der Waals surface area contributed by atoms with Crippen molar-refractivity contribution >= 4 is 0 Å². The van der Waals surface area contributed by atoms with E-state index in [0.717, 1.165) is 31.6 Å². The molecular weight excluding hydrogens is 266 g/mol. The van der Waals surface area contributed by atoms with E-state index in [4.69, 9.17) is 4.74 Å². The molecule has 0 aliphatic carbocycles. The van der Waals surface area contributed by atoms with Crippen molar-refractivity contribution in [1.82, 2.24) is 10.2 Å². The van der Waals surface area contributed by atoms with E-state index in [2.05, 4.69) is 22.0 Å². The van der Waals surface area contributed by atoms with E-state index in [1.54, 1.807) is 12.1 Å². The van der Waals surface area contributed by atoms with Gasteiger partial charge in [0.05, 0.1) is 7.11 Å². The Morgan fingerprint density at radius 2 is 2.20 bits per heavy atom. The first-order valence-electron chi connectivity index (χ1n) is 6.63. The third-order valence-corrected chi connectivity index (χ3v) is 3.53. The van der Waals surface area contributed by atoms with Crippen LogP contribution in [0, 0.1) is 0 Å². The molecule has 1 aromatic carbocycles.